The standard InChI is InChI=1S/C16H13F2N3O2/c1-22-14-5-9(3-4-11(14)17)21-16-10-6-15(23-2)12(18)7-13(10)19-8-20-16/h3-8H,1-2H3,(H,19,20,21). The molecule has 0 saturated heterocycles. The molecule has 0 aliphatic rings. The highest BCUT2D eigenvalue weighted by Crippen LogP contribution is 2.30. The van der Waals surface area contributed by atoms with Crippen molar-refractivity contribution in [3.05, 3.63) is 48.3 Å². The molecule has 0 radical (unpaired) electrons. The molecule has 2 aromatic carbocycles. The van der Waals surface area contributed by atoms with E-state index in [2.05, 4.69) is 15.3 Å². The summed E-state index contributed by atoms with van der Waals surface area (Å²) in [7, 11) is 2.77. The molecule has 0 spiro atoms. The number of benzene rings is 2. The number of methoxy groups -OCH3 is 2. The molecule has 0 atom stereocenters. The summed E-state index contributed by atoms with van der Waals surface area (Å²) in [4.78, 5) is 8.19. The highest BCUT2D eigenvalue weighted by atomic mass is 19.1. The van der Waals surface area contributed by atoms with Gasteiger partial charge in [0.1, 0.15) is 12.1 Å². The summed E-state index contributed by atoms with van der Waals surface area (Å²) >= 11 is 0. The Bertz CT molecular complexity index is 871. The minimum absolute atomic E-state index is 0.0898. The van der Waals surface area contributed by atoms with Crippen LogP contribution in [0.2, 0.25) is 0 Å². The first-order valence-corrected chi connectivity index (χ1v) is 6.71. The normalized spacial score (nSPS) is 10.6. The Morgan fingerprint density at radius 3 is 2.39 bits per heavy atom. The number of aromatic nitrogens is 2. The quantitative estimate of drug-likeness (QED) is 0.795. The fourth-order valence-corrected chi connectivity index (χ4v) is 2.19. The Morgan fingerprint density at radius 2 is 1.65 bits per heavy atom. The Balaban J connectivity index is 2.06. The van der Waals surface area contributed by atoms with E-state index >= 15 is 0 Å². The molecule has 0 aliphatic heterocycles. The van der Waals surface area contributed by atoms with Crippen LogP contribution in [0.4, 0.5) is 20.3 Å². The van der Waals surface area contributed by atoms with E-state index in [0.717, 1.165) is 0 Å². The number of halogens is 2. The molecule has 1 aromatic heterocycles. The Kier molecular flexibility index (Phi) is 3.92. The van der Waals surface area contributed by atoms with Gasteiger partial charge < -0.3 is 14.8 Å². The van der Waals surface area contributed by atoms with E-state index in [4.69, 9.17) is 9.47 Å². The van der Waals surface area contributed by atoms with Gasteiger partial charge in [0, 0.05) is 23.2 Å². The van der Waals surface area contributed by atoms with Gasteiger partial charge in [0.2, 0.25) is 0 Å². The van der Waals surface area contributed by atoms with E-state index in [-0.39, 0.29) is 11.5 Å². The fraction of sp³-hybridized carbons (Fsp3) is 0.125. The highest BCUT2D eigenvalue weighted by molar-refractivity contribution is 5.91. The number of nitrogens with zero attached hydrogens (tertiary/aromatic N) is 2. The smallest absolute Gasteiger partial charge is 0.167 e. The number of hydrogen-bond acceptors (Lipinski definition) is 5. The maximum Gasteiger partial charge on any atom is 0.167 e. The number of ether oxygens (including phenoxy) is 2. The van der Waals surface area contributed by atoms with E-state index in [1.807, 2.05) is 0 Å². The average molecular weight is 317 g/mol. The summed E-state index contributed by atoms with van der Waals surface area (Å²) in [6.45, 7) is 0. The van der Waals surface area contributed by atoms with Crippen molar-refractivity contribution in [1.29, 1.82) is 0 Å². The minimum atomic E-state index is -0.506. The van der Waals surface area contributed by atoms with Crippen molar-refractivity contribution in [3.63, 3.8) is 0 Å². The molecule has 3 aromatic rings. The third-order valence-corrected chi connectivity index (χ3v) is 3.32. The number of hydrogen-bond donors (Lipinski definition) is 1. The maximum absolute atomic E-state index is 13.8. The van der Waals surface area contributed by atoms with Gasteiger partial charge in [-0.2, -0.15) is 0 Å². The molecule has 0 fully saturated rings. The second kappa shape index (κ2) is 6.04. The lowest BCUT2D eigenvalue weighted by Crippen LogP contribution is -1.98. The lowest BCUT2D eigenvalue weighted by Gasteiger charge is -2.11. The molecular weight excluding hydrogens is 304 g/mol. The summed E-state index contributed by atoms with van der Waals surface area (Å²) in [6, 6.07) is 7.11. The SMILES string of the molecule is COc1cc(Nc2ncnc3cc(F)c(OC)cc23)ccc1F. The number of fused-ring (bicyclic) bond motifs is 1. The first-order valence-electron chi connectivity index (χ1n) is 6.71. The minimum Gasteiger partial charge on any atom is -0.494 e. The third kappa shape index (κ3) is 2.85. The van der Waals surface area contributed by atoms with Crippen molar-refractivity contribution in [3.8, 4) is 11.5 Å². The summed E-state index contributed by atoms with van der Waals surface area (Å²) < 4.78 is 37.2. The summed E-state index contributed by atoms with van der Waals surface area (Å²) in [5.74, 6) is -0.326. The van der Waals surface area contributed by atoms with Crippen LogP contribution in [0.5, 0.6) is 11.5 Å². The summed E-state index contributed by atoms with van der Waals surface area (Å²) in [5.41, 5.74) is 1.00. The Labute approximate surface area is 130 Å². The van der Waals surface area contributed by atoms with Crippen molar-refractivity contribution in [1.82, 2.24) is 9.97 Å². The topological polar surface area (TPSA) is 56.3 Å². The largest absolute Gasteiger partial charge is 0.494 e. The van der Waals surface area contributed by atoms with E-state index in [0.29, 0.717) is 22.4 Å². The number of nitrogens with one attached hydrogen (secondary N) is 1. The second-order valence-electron chi connectivity index (χ2n) is 4.70. The van der Waals surface area contributed by atoms with Crippen molar-refractivity contribution in [2.45, 2.75) is 0 Å². The van der Waals surface area contributed by atoms with Crippen LogP contribution in [0.15, 0.2) is 36.7 Å². The van der Waals surface area contributed by atoms with Gasteiger partial charge in [0.15, 0.2) is 23.1 Å². The van der Waals surface area contributed by atoms with Crippen LogP contribution < -0.4 is 14.8 Å². The van der Waals surface area contributed by atoms with Crippen LogP contribution in [-0.2, 0) is 0 Å². The lowest BCUT2D eigenvalue weighted by molar-refractivity contribution is 0.387. The van der Waals surface area contributed by atoms with E-state index < -0.39 is 11.6 Å². The molecule has 1 heterocycles. The predicted octanol–water partition coefficient (Wildman–Crippen LogP) is 3.67. The van der Waals surface area contributed by atoms with Gasteiger partial charge in [-0.05, 0) is 18.2 Å². The first kappa shape index (κ1) is 15.0. The predicted molar refractivity (Wildman–Crippen MR) is 82.3 cm³/mol. The first-order chi connectivity index (χ1) is 11.1. The van der Waals surface area contributed by atoms with Crippen LogP contribution in [0.25, 0.3) is 10.9 Å². The molecule has 0 saturated carbocycles. The van der Waals surface area contributed by atoms with E-state index in [1.165, 1.54) is 44.8 Å². The zero-order chi connectivity index (χ0) is 16.4. The zero-order valence-corrected chi connectivity index (χ0v) is 12.4. The monoisotopic (exact) mass is 317 g/mol. The van der Waals surface area contributed by atoms with Crippen molar-refractivity contribution in [2.75, 3.05) is 19.5 Å². The van der Waals surface area contributed by atoms with E-state index in [1.54, 1.807) is 6.07 Å². The molecule has 1 N–H and O–H groups in total. The molecule has 0 aliphatic carbocycles. The van der Waals surface area contributed by atoms with Gasteiger partial charge in [0.25, 0.3) is 0 Å². The number of anilines is 2. The summed E-state index contributed by atoms with van der Waals surface area (Å²) in [6.07, 6.45) is 1.32. The van der Waals surface area contributed by atoms with Crippen LogP contribution in [0.1, 0.15) is 0 Å². The molecule has 0 unspecified atom stereocenters. The van der Waals surface area contributed by atoms with Crippen LogP contribution >= 0.6 is 0 Å². The molecule has 0 bridgehead atoms. The lowest BCUT2D eigenvalue weighted by atomic mass is 10.2. The van der Waals surface area contributed by atoms with Crippen molar-refractivity contribution < 1.29 is 18.3 Å². The highest BCUT2D eigenvalue weighted by Gasteiger charge is 2.11. The van der Waals surface area contributed by atoms with Gasteiger partial charge in [-0.1, -0.05) is 0 Å². The van der Waals surface area contributed by atoms with Crippen LogP contribution in [0.3, 0.4) is 0 Å². The zero-order valence-electron chi connectivity index (χ0n) is 12.4. The number of rotatable bonds is 4. The van der Waals surface area contributed by atoms with Gasteiger partial charge in [-0.3, -0.25) is 0 Å². The van der Waals surface area contributed by atoms with E-state index in [9.17, 15) is 8.78 Å². The molecule has 118 valence electrons. The Morgan fingerprint density at radius 1 is 0.913 bits per heavy atom. The van der Waals surface area contributed by atoms with Gasteiger partial charge in [0.05, 0.1) is 19.7 Å². The van der Waals surface area contributed by atoms with Crippen LogP contribution in [0, 0.1) is 11.6 Å². The average Bonchev–Trinajstić information content (AvgIpc) is 2.56. The van der Waals surface area contributed by atoms with Crippen molar-refractivity contribution >= 4 is 22.4 Å². The third-order valence-electron chi connectivity index (χ3n) is 3.32. The Hall–Kier alpha value is -2.96. The maximum atomic E-state index is 13.8. The van der Waals surface area contributed by atoms with Crippen LogP contribution in [-0.4, -0.2) is 24.2 Å². The molecular formula is C16H13F2N3O2. The summed E-state index contributed by atoms with van der Waals surface area (Å²) in [5, 5.41) is 3.62. The van der Waals surface area contributed by atoms with Gasteiger partial charge >= 0.3 is 0 Å². The molecule has 23 heavy (non-hydrogen) atoms. The molecule has 7 heteroatoms. The fourth-order valence-electron chi connectivity index (χ4n) is 2.19. The van der Waals surface area contributed by atoms with Crippen molar-refractivity contribution in [2.24, 2.45) is 0 Å². The second-order valence-corrected chi connectivity index (χ2v) is 4.70. The molecule has 0 amide bonds. The molecule has 3 rings (SSSR count). The molecule has 5 nitrogen and oxygen atoms in total. The van der Waals surface area contributed by atoms with Gasteiger partial charge in [-0.25, -0.2) is 18.7 Å². The van der Waals surface area contributed by atoms with Gasteiger partial charge in [-0.15, -0.1) is 0 Å².